The molecule has 5 heteroatoms. The first-order valence-corrected chi connectivity index (χ1v) is 8.53. The molecule has 2 N–H and O–H groups in total. The minimum atomic E-state index is -0.0214. The van der Waals surface area contributed by atoms with E-state index in [0.717, 1.165) is 37.1 Å². The van der Waals surface area contributed by atoms with Crippen molar-refractivity contribution in [3.63, 3.8) is 0 Å². The molecule has 0 saturated carbocycles. The molecule has 0 aliphatic carbocycles. The van der Waals surface area contributed by atoms with Crippen LogP contribution in [0.4, 0.5) is 0 Å². The number of hydrogen-bond acceptors (Lipinski definition) is 3. The minimum Gasteiger partial charge on any atom is -0.508 e. The zero-order valence-electron chi connectivity index (χ0n) is 14.0. The molecule has 0 bridgehead atoms. The van der Waals surface area contributed by atoms with Gasteiger partial charge in [0.2, 0.25) is 0 Å². The maximum atomic E-state index is 13.1. The van der Waals surface area contributed by atoms with Crippen LogP contribution in [-0.4, -0.2) is 40.2 Å². The lowest BCUT2D eigenvalue weighted by atomic mass is 10.1. The molecule has 1 atom stereocenters. The predicted octanol–water partition coefficient (Wildman–Crippen LogP) is 3.10. The molecule has 3 rings (SSSR count). The number of aryl methyl sites for hydroxylation is 1. The van der Waals surface area contributed by atoms with Gasteiger partial charge in [0, 0.05) is 37.2 Å². The summed E-state index contributed by atoms with van der Waals surface area (Å²) in [4.78, 5) is 18.0. The molecule has 2 heterocycles. The molecular formula is C19H24N2O3. The quantitative estimate of drug-likeness (QED) is 0.856. The summed E-state index contributed by atoms with van der Waals surface area (Å²) >= 11 is 0. The van der Waals surface area contributed by atoms with Gasteiger partial charge in [-0.1, -0.05) is 25.1 Å². The van der Waals surface area contributed by atoms with Crippen LogP contribution in [0.2, 0.25) is 0 Å². The lowest BCUT2D eigenvalue weighted by Crippen LogP contribution is -2.37. The third-order valence-corrected chi connectivity index (χ3v) is 4.50. The molecule has 1 unspecified atom stereocenters. The predicted molar refractivity (Wildman–Crippen MR) is 92.0 cm³/mol. The van der Waals surface area contributed by atoms with E-state index in [1.807, 2.05) is 25.1 Å². The molecular weight excluding hydrogens is 304 g/mol. The number of ether oxygens (including phenoxy) is 1. The highest BCUT2D eigenvalue weighted by Gasteiger charge is 2.25. The fourth-order valence-electron chi connectivity index (χ4n) is 3.17. The maximum Gasteiger partial charge on any atom is 0.256 e. The van der Waals surface area contributed by atoms with Gasteiger partial charge >= 0.3 is 0 Å². The third-order valence-electron chi connectivity index (χ3n) is 4.50. The number of aromatic nitrogens is 1. The van der Waals surface area contributed by atoms with Crippen molar-refractivity contribution in [1.29, 1.82) is 0 Å². The number of nitrogens with one attached hydrogen (secondary N) is 1. The summed E-state index contributed by atoms with van der Waals surface area (Å²) in [5, 5.41) is 10.1. The van der Waals surface area contributed by atoms with Crippen LogP contribution in [0, 0.1) is 0 Å². The van der Waals surface area contributed by atoms with Crippen molar-refractivity contribution < 1.29 is 14.6 Å². The highest BCUT2D eigenvalue weighted by Crippen LogP contribution is 2.22. The number of para-hydroxylation sites is 1. The number of aromatic hydroxyl groups is 1. The molecule has 1 aliphatic rings. The smallest absolute Gasteiger partial charge is 0.256 e. The van der Waals surface area contributed by atoms with Crippen LogP contribution >= 0.6 is 0 Å². The number of benzene rings is 1. The van der Waals surface area contributed by atoms with Crippen molar-refractivity contribution in [3.8, 4) is 5.75 Å². The van der Waals surface area contributed by atoms with Crippen LogP contribution in [0.1, 0.15) is 41.4 Å². The Labute approximate surface area is 142 Å². The summed E-state index contributed by atoms with van der Waals surface area (Å²) in [5.74, 6) is 0.194. The zero-order valence-corrected chi connectivity index (χ0v) is 14.0. The highest BCUT2D eigenvalue weighted by molar-refractivity contribution is 5.95. The first-order valence-electron chi connectivity index (χ1n) is 8.53. The molecule has 2 aromatic rings. The summed E-state index contributed by atoms with van der Waals surface area (Å²) < 4.78 is 5.71. The van der Waals surface area contributed by atoms with Gasteiger partial charge in [-0.25, -0.2) is 0 Å². The zero-order chi connectivity index (χ0) is 16.9. The lowest BCUT2D eigenvalue weighted by Gasteiger charge is -2.26. The topological polar surface area (TPSA) is 65.6 Å². The van der Waals surface area contributed by atoms with Crippen molar-refractivity contribution in [2.24, 2.45) is 0 Å². The van der Waals surface area contributed by atoms with E-state index in [9.17, 15) is 9.90 Å². The molecule has 1 amide bonds. The molecule has 1 saturated heterocycles. The number of carbonyl (C=O) groups is 1. The average Bonchev–Trinajstić information content (AvgIpc) is 3.26. The van der Waals surface area contributed by atoms with Gasteiger partial charge in [0.15, 0.2) is 0 Å². The van der Waals surface area contributed by atoms with Crippen LogP contribution in [0.25, 0.3) is 0 Å². The summed E-state index contributed by atoms with van der Waals surface area (Å²) in [6.45, 7) is 3.70. The van der Waals surface area contributed by atoms with Gasteiger partial charge in [0.1, 0.15) is 5.75 Å². The van der Waals surface area contributed by atoms with E-state index in [0.29, 0.717) is 18.7 Å². The SMILES string of the molecule is CCc1[nH]ccc1C(=O)N(Cc1ccccc1O)CC1CCCO1. The van der Waals surface area contributed by atoms with Crippen LogP contribution in [-0.2, 0) is 17.7 Å². The van der Waals surface area contributed by atoms with E-state index in [1.165, 1.54) is 0 Å². The van der Waals surface area contributed by atoms with Gasteiger partial charge in [-0.3, -0.25) is 4.79 Å². The highest BCUT2D eigenvalue weighted by atomic mass is 16.5. The van der Waals surface area contributed by atoms with Gasteiger partial charge < -0.3 is 19.7 Å². The number of carbonyl (C=O) groups excluding carboxylic acids is 1. The normalized spacial score (nSPS) is 17.1. The van der Waals surface area contributed by atoms with Crippen molar-refractivity contribution in [3.05, 3.63) is 53.3 Å². The molecule has 5 nitrogen and oxygen atoms in total. The Morgan fingerprint density at radius 3 is 2.92 bits per heavy atom. The van der Waals surface area contributed by atoms with Crippen LogP contribution in [0.3, 0.4) is 0 Å². The molecule has 1 aliphatic heterocycles. The summed E-state index contributed by atoms with van der Waals surface area (Å²) in [5.41, 5.74) is 2.39. The molecule has 128 valence electrons. The third kappa shape index (κ3) is 3.62. The van der Waals surface area contributed by atoms with Crippen molar-refractivity contribution in [1.82, 2.24) is 9.88 Å². The molecule has 0 radical (unpaired) electrons. The lowest BCUT2D eigenvalue weighted by molar-refractivity contribution is 0.0505. The number of hydrogen-bond donors (Lipinski definition) is 2. The number of H-pyrrole nitrogens is 1. The Kier molecular flexibility index (Phi) is 5.20. The Balaban J connectivity index is 1.83. The first kappa shape index (κ1) is 16.6. The second-order valence-corrected chi connectivity index (χ2v) is 6.17. The van der Waals surface area contributed by atoms with E-state index >= 15 is 0 Å². The molecule has 1 aromatic carbocycles. The van der Waals surface area contributed by atoms with Crippen molar-refractivity contribution in [2.75, 3.05) is 13.2 Å². The van der Waals surface area contributed by atoms with Crippen LogP contribution in [0.5, 0.6) is 5.75 Å². The minimum absolute atomic E-state index is 0.0214. The van der Waals surface area contributed by atoms with E-state index in [2.05, 4.69) is 4.98 Å². The number of rotatable bonds is 6. The van der Waals surface area contributed by atoms with E-state index in [-0.39, 0.29) is 17.8 Å². The van der Waals surface area contributed by atoms with Gasteiger partial charge in [-0.2, -0.15) is 0 Å². The molecule has 0 spiro atoms. The molecule has 24 heavy (non-hydrogen) atoms. The maximum absolute atomic E-state index is 13.1. The second kappa shape index (κ2) is 7.53. The number of phenols is 1. The Morgan fingerprint density at radius 2 is 2.21 bits per heavy atom. The summed E-state index contributed by atoms with van der Waals surface area (Å²) in [7, 11) is 0. The Morgan fingerprint density at radius 1 is 1.38 bits per heavy atom. The van der Waals surface area contributed by atoms with E-state index < -0.39 is 0 Å². The first-order chi connectivity index (χ1) is 11.7. The number of amides is 1. The largest absolute Gasteiger partial charge is 0.508 e. The van der Waals surface area contributed by atoms with Gasteiger partial charge in [-0.05, 0) is 31.4 Å². The second-order valence-electron chi connectivity index (χ2n) is 6.17. The van der Waals surface area contributed by atoms with Crippen molar-refractivity contribution in [2.45, 2.75) is 38.8 Å². The summed E-state index contributed by atoms with van der Waals surface area (Å²) in [6, 6.07) is 8.99. The number of phenolic OH excluding ortho intramolecular Hbond substituents is 1. The van der Waals surface area contributed by atoms with Gasteiger partial charge in [0.05, 0.1) is 11.7 Å². The Hall–Kier alpha value is -2.27. The fraction of sp³-hybridized carbons (Fsp3) is 0.421. The Bertz CT molecular complexity index is 689. The van der Waals surface area contributed by atoms with E-state index in [1.54, 1.807) is 23.2 Å². The molecule has 1 aromatic heterocycles. The van der Waals surface area contributed by atoms with Gasteiger partial charge in [-0.15, -0.1) is 0 Å². The number of aromatic amines is 1. The van der Waals surface area contributed by atoms with Crippen LogP contribution in [0.15, 0.2) is 36.5 Å². The van der Waals surface area contributed by atoms with Gasteiger partial charge in [0.25, 0.3) is 5.91 Å². The van der Waals surface area contributed by atoms with Crippen molar-refractivity contribution >= 4 is 5.91 Å². The average molecular weight is 328 g/mol. The molecule has 1 fully saturated rings. The van der Waals surface area contributed by atoms with Crippen LogP contribution < -0.4 is 0 Å². The number of nitrogens with zero attached hydrogens (tertiary/aromatic N) is 1. The van der Waals surface area contributed by atoms with E-state index in [4.69, 9.17) is 4.74 Å². The summed E-state index contributed by atoms with van der Waals surface area (Å²) in [6.07, 6.45) is 4.66. The fourth-order valence-corrected chi connectivity index (χ4v) is 3.17. The standard InChI is InChI=1S/C19H24N2O3/c1-2-17-16(9-10-20-17)19(23)21(13-15-7-5-11-24-15)12-14-6-3-4-8-18(14)22/h3-4,6,8-10,15,20,22H,2,5,7,11-13H2,1H3. The monoisotopic (exact) mass is 328 g/mol.